The van der Waals surface area contributed by atoms with E-state index in [9.17, 15) is 0 Å². The minimum absolute atomic E-state index is 0.244. The van der Waals surface area contributed by atoms with Crippen LogP contribution in [0.4, 0.5) is 0 Å². The summed E-state index contributed by atoms with van der Waals surface area (Å²) in [5.41, 5.74) is 0. The highest BCUT2D eigenvalue weighted by Gasteiger charge is 2.07. The maximum atomic E-state index is 2.33. The van der Waals surface area contributed by atoms with Crippen LogP contribution in [0, 0.1) is 0 Å². The molecule has 3 rings (SSSR count). The van der Waals surface area contributed by atoms with Gasteiger partial charge in [-0.2, -0.15) is 0 Å². The summed E-state index contributed by atoms with van der Waals surface area (Å²) >= 11 is 0. The Kier molecular flexibility index (Phi) is 3.13. The van der Waals surface area contributed by atoms with Gasteiger partial charge in [0.25, 0.3) is 0 Å². The molecule has 0 spiro atoms. The van der Waals surface area contributed by atoms with Crippen LogP contribution < -0.4 is 10.6 Å². The molecule has 18 heavy (non-hydrogen) atoms. The van der Waals surface area contributed by atoms with Gasteiger partial charge in [-0.05, 0) is 42.0 Å². The highest BCUT2D eigenvalue weighted by atomic mass is 31.1. The highest BCUT2D eigenvalue weighted by Crippen LogP contribution is 2.29. The molecule has 3 aromatic rings. The molecule has 0 amide bonds. The largest absolute Gasteiger partial charge is 0.0622 e. The molecule has 0 aliphatic rings. The Balaban J connectivity index is 2.04. The Morgan fingerprint density at radius 2 is 1.28 bits per heavy atom. The summed E-state index contributed by atoms with van der Waals surface area (Å²) in [6.45, 7) is 2.33. The first-order chi connectivity index (χ1) is 8.84. The lowest BCUT2D eigenvalue weighted by Crippen LogP contribution is -2.10. The van der Waals surface area contributed by atoms with Gasteiger partial charge in [0.05, 0.1) is 0 Å². The quantitative estimate of drug-likeness (QED) is 0.605. The molecule has 0 nitrogen and oxygen atoms in total. The first-order valence-electron chi connectivity index (χ1n) is 6.12. The average Bonchev–Trinajstić information content (AvgIpc) is 2.47. The molecule has 3 aromatic carbocycles. The molecular weight excluding hydrogens is 235 g/mol. The Morgan fingerprint density at radius 1 is 0.611 bits per heavy atom. The van der Waals surface area contributed by atoms with Crippen LogP contribution in [0.15, 0.2) is 72.8 Å². The van der Waals surface area contributed by atoms with Crippen molar-refractivity contribution in [2.24, 2.45) is 0 Å². The Morgan fingerprint density at radius 3 is 2.06 bits per heavy atom. The topological polar surface area (TPSA) is 0 Å². The molecule has 0 radical (unpaired) electrons. The fourth-order valence-electron chi connectivity index (χ4n) is 2.19. The van der Waals surface area contributed by atoms with Gasteiger partial charge in [0, 0.05) is 0 Å². The van der Waals surface area contributed by atoms with E-state index in [4.69, 9.17) is 0 Å². The molecule has 0 unspecified atom stereocenters. The van der Waals surface area contributed by atoms with Crippen LogP contribution >= 0.6 is 7.92 Å². The SMILES string of the molecule is C[P@@](c1ccccc1)c1ccc2ccccc2c1. The molecule has 1 heteroatoms. The second-order valence-electron chi connectivity index (χ2n) is 4.43. The van der Waals surface area contributed by atoms with Gasteiger partial charge in [0.15, 0.2) is 0 Å². The van der Waals surface area contributed by atoms with E-state index in [-0.39, 0.29) is 7.92 Å². The Bertz CT molecular complexity index is 659. The van der Waals surface area contributed by atoms with E-state index in [1.165, 1.54) is 21.4 Å². The Labute approximate surface area is 109 Å². The summed E-state index contributed by atoms with van der Waals surface area (Å²) < 4.78 is 0. The van der Waals surface area contributed by atoms with Gasteiger partial charge < -0.3 is 0 Å². The van der Waals surface area contributed by atoms with Crippen LogP contribution in [-0.4, -0.2) is 6.66 Å². The summed E-state index contributed by atoms with van der Waals surface area (Å²) in [6.07, 6.45) is 0. The van der Waals surface area contributed by atoms with Gasteiger partial charge in [0.1, 0.15) is 0 Å². The molecule has 0 saturated carbocycles. The van der Waals surface area contributed by atoms with Crippen molar-refractivity contribution in [1.29, 1.82) is 0 Å². The zero-order chi connectivity index (χ0) is 12.4. The van der Waals surface area contributed by atoms with Gasteiger partial charge in [-0.1, -0.05) is 66.7 Å². The van der Waals surface area contributed by atoms with Crippen molar-refractivity contribution in [3.63, 3.8) is 0 Å². The molecule has 0 bridgehead atoms. The minimum Gasteiger partial charge on any atom is -0.0622 e. The van der Waals surface area contributed by atoms with Crippen molar-refractivity contribution < 1.29 is 0 Å². The lowest BCUT2D eigenvalue weighted by molar-refractivity contribution is 1.76. The lowest BCUT2D eigenvalue weighted by Gasteiger charge is -2.13. The van der Waals surface area contributed by atoms with Crippen LogP contribution in [0.5, 0.6) is 0 Å². The maximum absolute atomic E-state index is 2.33. The third kappa shape index (κ3) is 2.17. The normalized spacial score (nSPS) is 12.5. The van der Waals surface area contributed by atoms with Gasteiger partial charge >= 0.3 is 0 Å². The van der Waals surface area contributed by atoms with Crippen LogP contribution in [0.1, 0.15) is 0 Å². The maximum Gasteiger partial charge on any atom is -0.0178 e. The van der Waals surface area contributed by atoms with Crippen molar-refractivity contribution in [2.45, 2.75) is 0 Å². The molecule has 1 atom stereocenters. The van der Waals surface area contributed by atoms with E-state index in [2.05, 4.69) is 79.5 Å². The summed E-state index contributed by atoms with van der Waals surface area (Å²) in [5, 5.41) is 5.52. The van der Waals surface area contributed by atoms with Crippen LogP contribution in [0.2, 0.25) is 0 Å². The summed E-state index contributed by atoms with van der Waals surface area (Å²) in [4.78, 5) is 0. The second-order valence-corrected chi connectivity index (χ2v) is 6.58. The van der Waals surface area contributed by atoms with Crippen molar-refractivity contribution in [3.8, 4) is 0 Å². The predicted octanol–water partition coefficient (Wildman–Crippen LogP) is 3.90. The molecule has 0 N–H and O–H groups in total. The van der Waals surface area contributed by atoms with Crippen molar-refractivity contribution in [1.82, 2.24) is 0 Å². The van der Waals surface area contributed by atoms with Crippen LogP contribution in [0.25, 0.3) is 10.8 Å². The number of fused-ring (bicyclic) bond motifs is 1. The summed E-state index contributed by atoms with van der Waals surface area (Å²) in [7, 11) is -0.244. The summed E-state index contributed by atoms with van der Waals surface area (Å²) in [6, 6.07) is 26.1. The first-order valence-corrected chi connectivity index (χ1v) is 7.91. The molecule has 0 heterocycles. The molecule has 0 saturated heterocycles. The van der Waals surface area contributed by atoms with Gasteiger partial charge in [-0.15, -0.1) is 0 Å². The monoisotopic (exact) mass is 250 g/mol. The van der Waals surface area contributed by atoms with E-state index in [1.54, 1.807) is 0 Å². The highest BCUT2D eigenvalue weighted by molar-refractivity contribution is 7.72. The first kappa shape index (κ1) is 11.4. The van der Waals surface area contributed by atoms with Gasteiger partial charge in [0.2, 0.25) is 0 Å². The van der Waals surface area contributed by atoms with E-state index >= 15 is 0 Å². The zero-order valence-corrected chi connectivity index (χ0v) is 11.3. The van der Waals surface area contributed by atoms with E-state index in [0.717, 1.165) is 0 Å². The van der Waals surface area contributed by atoms with Gasteiger partial charge in [-0.3, -0.25) is 0 Å². The number of rotatable bonds is 2. The van der Waals surface area contributed by atoms with E-state index in [0.29, 0.717) is 0 Å². The van der Waals surface area contributed by atoms with Crippen LogP contribution in [0.3, 0.4) is 0 Å². The summed E-state index contributed by atoms with van der Waals surface area (Å²) in [5.74, 6) is 0. The van der Waals surface area contributed by atoms with Crippen molar-refractivity contribution >= 4 is 29.3 Å². The third-order valence-corrected chi connectivity index (χ3v) is 5.39. The smallest absolute Gasteiger partial charge is 0.0178 e. The molecular formula is C17H15P. The van der Waals surface area contributed by atoms with E-state index < -0.39 is 0 Å². The molecule has 0 aromatic heterocycles. The number of hydrogen-bond donors (Lipinski definition) is 0. The molecule has 88 valence electrons. The molecule has 0 fully saturated rings. The molecule has 0 aliphatic carbocycles. The van der Waals surface area contributed by atoms with Crippen LogP contribution in [-0.2, 0) is 0 Å². The zero-order valence-electron chi connectivity index (χ0n) is 10.4. The number of hydrogen-bond acceptors (Lipinski definition) is 0. The number of benzene rings is 3. The molecule has 0 aliphatic heterocycles. The minimum atomic E-state index is -0.244. The third-order valence-electron chi connectivity index (χ3n) is 3.26. The second kappa shape index (κ2) is 4.92. The van der Waals surface area contributed by atoms with Crippen molar-refractivity contribution in [2.75, 3.05) is 6.66 Å². The van der Waals surface area contributed by atoms with Crippen molar-refractivity contribution in [3.05, 3.63) is 72.8 Å². The standard InChI is InChI=1S/C17H15P/c1-18(16-9-3-2-4-10-16)17-12-11-14-7-5-6-8-15(14)13-17/h2-13H,1H3/t18-/m0/s1. The fourth-order valence-corrected chi connectivity index (χ4v) is 3.73. The lowest BCUT2D eigenvalue weighted by atomic mass is 10.1. The fraction of sp³-hybridized carbons (Fsp3) is 0.0588. The average molecular weight is 250 g/mol. The predicted molar refractivity (Wildman–Crippen MR) is 82.5 cm³/mol. The van der Waals surface area contributed by atoms with E-state index in [1.807, 2.05) is 0 Å². The Hall–Kier alpha value is -1.65. The van der Waals surface area contributed by atoms with Gasteiger partial charge in [-0.25, -0.2) is 0 Å².